The number of thiophene rings is 1. The fourth-order valence-electron chi connectivity index (χ4n) is 3.65. The summed E-state index contributed by atoms with van der Waals surface area (Å²) in [6, 6.07) is 5.51. The molecule has 0 N–H and O–H groups in total. The van der Waals surface area contributed by atoms with Crippen LogP contribution in [0.4, 0.5) is 8.78 Å². The molecule has 0 bridgehead atoms. The number of piperazine rings is 1. The fourth-order valence-corrected chi connectivity index (χ4v) is 4.51. The van der Waals surface area contributed by atoms with Crippen LogP contribution in [0.5, 0.6) is 5.75 Å². The topological polar surface area (TPSA) is 32.8 Å². The number of nitrogens with zero attached hydrogens (tertiary/aromatic N) is 2. The van der Waals surface area contributed by atoms with Gasteiger partial charge in [0.05, 0.1) is 4.88 Å². The van der Waals surface area contributed by atoms with Gasteiger partial charge in [-0.15, -0.1) is 11.3 Å². The summed E-state index contributed by atoms with van der Waals surface area (Å²) in [4.78, 5) is 17.8. The van der Waals surface area contributed by atoms with Crippen molar-refractivity contribution in [3.8, 4) is 5.75 Å². The molecule has 2 aliphatic heterocycles. The Balaban J connectivity index is 1.37. The average Bonchev–Trinajstić information content (AvgIpc) is 3.29. The summed E-state index contributed by atoms with van der Waals surface area (Å²) in [6.45, 7) is 3.79. The second kappa shape index (κ2) is 7.32. The first kappa shape index (κ1) is 17.4. The van der Waals surface area contributed by atoms with E-state index in [1.54, 1.807) is 6.07 Å². The van der Waals surface area contributed by atoms with E-state index in [1.165, 1.54) is 23.8 Å². The summed E-state index contributed by atoms with van der Waals surface area (Å²) in [5.41, 5.74) is 0.807. The average molecular weight is 378 g/mol. The molecule has 1 amide bonds. The standard InChI is InChI=1S/C19H20F2N2O2S/c20-14-3-4-17(16(21)9-14)25-11-13-8-18(26-12-13)19(24)23-7-6-22-5-1-2-15(22)10-23/h3-4,8-9,12,15H,1-2,5-7,10-11H2. The van der Waals surface area contributed by atoms with Gasteiger partial charge in [-0.3, -0.25) is 9.69 Å². The van der Waals surface area contributed by atoms with Crippen LogP contribution in [0.2, 0.25) is 0 Å². The lowest BCUT2D eigenvalue weighted by atomic mass is 10.1. The zero-order chi connectivity index (χ0) is 18.1. The van der Waals surface area contributed by atoms with Crippen LogP contribution >= 0.6 is 11.3 Å². The van der Waals surface area contributed by atoms with Crippen LogP contribution in [0.15, 0.2) is 29.6 Å². The van der Waals surface area contributed by atoms with Crippen molar-refractivity contribution in [2.75, 3.05) is 26.2 Å². The number of amides is 1. The van der Waals surface area contributed by atoms with Gasteiger partial charge in [0.15, 0.2) is 11.6 Å². The SMILES string of the molecule is O=C(c1cc(COc2ccc(F)cc2F)cs1)N1CCN2CCCC2C1. The highest BCUT2D eigenvalue weighted by atomic mass is 32.1. The van der Waals surface area contributed by atoms with E-state index < -0.39 is 11.6 Å². The molecule has 4 rings (SSSR count). The zero-order valence-electron chi connectivity index (χ0n) is 14.3. The van der Waals surface area contributed by atoms with Crippen LogP contribution in [0, 0.1) is 11.6 Å². The predicted octanol–water partition coefficient (Wildman–Crippen LogP) is 3.53. The molecule has 1 unspecified atom stereocenters. The summed E-state index contributed by atoms with van der Waals surface area (Å²) < 4.78 is 31.9. The van der Waals surface area contributed by atoms with Gasteiger partial charge < -0.3 is 9.64 Å². The lowest BCUT2D eigenvalue weighted by Gasteiger charge is -2.37. The van der Waals surface area contributed by atoms with Crippen LogP contribution in [0.25, 0.3) is 0 Å². The molecule has 0 saturated carbocycles. The van der Waals surface area contributed by atoms with Gasteiger partial charge in [-0.2, -0.15) is 0 Å². The predicted molar refractivity (Wildman–Crippen MR) is 95.5 cm³/mol. The smallest absolute Gasteiger partial charge is 0.264 e. The minimum atomic E-state index is -0.731. The van der Waals surface area contributed by atoms with Gasteiger partial charge >= 0.3 is 0 Å². The van der Waals surface area contributed by atoms with Crippen molar-refractivity contribution in [3.05, 3.63) is 51.7 Å². The normalized spacial score (nSPS) is 20.2. The third-order valence-electron chi connectivity index (χ3n) is 5.03. The molecular weight excluding hydrogens is 358 g/mol. The number of carbonyl (C=O) groups excluding carboxylic acids is 1. The monoisotopic (exact) mass is 378 g/mol. The molecule has 0 radical (unpaired) electrons. The lowest BCUT2D eigenvalue weighted by Crippen LogP contribution is -2.51. The molecule has 2 aromatic rings. The maximum Gasteiger partial charge on any atom is 0.264 e. The zero-order valence-corrected chi connectivity index (χ0v) is 15.1. The fraction of sp³-hybridized carbons (Fsp3) is 0.421. The minimum absolute atomic E-state index is 0.00262. The number of ether oxygens (including phenoxy) is 1. The Kier molecular flexibility index (Phi) is 4.91. The van der Waals surface area contributed by atoms with Gasteiger partial charge in [0.1, 0.15) is 12.4 Å². The molecule has 0 spiro atoms. The first-order valence-electron chi connectivity index (χ1n) is 8.79. The number of rotatable bonds is 4. The van der Waals surface area contributed by atoms with Crippen molar-refractivity contribution in [1.29, 1.82) is 0 Å². The number of fused-ring (bicyclic) bond motifs is 1. The second-order valence-electron chi connectivity index (χ2n) is 6.77. The molecule has 3 heterocycles. The van der Waals surface area contributed by atoms with Crippen molar-refractivity contribution < 1.29 is 18.3 Å². The first-order chi connectivity index (χ1) is 12.6. The Hall–Kier alpha value is -1.99. The second-order valence-corrected chi connectivity index (χ2v) is 7.68. The highest BCUT2D eigenvalue weighted by molar-refractivity contribution is 7.12. The molecule has 2 fully saturated rings. The van der Waals surface area contributed by atoms with Crippen molar-refractivity contribution in [2.45, 2.75) is 25.5 Å². The number of hydrogen-bond acceptors (Lipinski definition) is 4. The Labute approximate surface area is 155 Å². The molecule has 26 heavy (non-hydrogen) atoms. The number of hydrogen-bond donors (Lipinski definition) is 0. The molecule has 2 saturated heterocycles. The first-order valence-corrected chi connectivity index (χ1v) is 9.67. The van der Waals surface area contributed by atoms with Crippen LogP contribution < -0.4 is 4.74 Å². The van der Waals surface area contributed by atoms with E-state index in [0.29, 0.717) is 10.9 Å². The quantitative estimate of drug-likeness (QED) is 0.816. The Bertz CT molecular complexity index is 811. The van der Waals surface area contributed by atoms with E-state index in [1.807, 2.05) is 10.3 Å². The third-order valence-corrected chi connectivity index (χ3v) is 5.99. The van der Waals surface area contributed by atoms with Crippen LogP contribution in [-0.4, -0.2) is 47.9 Å². The van der Waals surface area contributed by atoms with Gasteiger partial charge in [-0.1, -0.05) is 0 Å². The maximum atomic E-state index is 13.6. The van der Waals surface area contributed by atoms with Gasteiger partial charge in [0.25, 0.3) is 5.91 Å². The van der Waals surface area contributed by atoms with E-state index in [2.05, 4.69) is 4.90 Å². The van der Waals surface area contributed by atoms with Crippen LogP contribution in [-0.2, 0) is 6.61 Å². The minimum Gasteiger partial charge on any atom is -0.486 e. The van der Waals surface area contributed by atoms with Crippen LogP contribution in [0.1, 0.15) is 28.1 Å². The Morgan fingerprint density at radius 1 is 1.23 bits per heavy atom. The van der Waals surface area contributed by atoms with Gasteiger partial charge in [-0.05, 0) is 43.0 Å². The van der Waals surface area contributed by atoms with Crippen molar-refractivity contribution in [1.82, 2.24) is 9.80 Å². The molecule has 2 aliphatic rings. The van der Waals surface area contributed by atoms with E-state index in [-0.39, 0.29) is 18.3 Å². The van der Waals surface area contributed by atoms with Crippen molar-refractivity contribution >= 4 is 17.2 Å². The third kappa shape index (κ3) is 3.59. The number of benzene rings is 1. The van der Waals surface area contributed by atoms with Crippen molar-refractivity contribution in [3.63, 3.8) is 0 Å². The maximum absolute atomic E-state index is 13.6. The summed E-state index contributed by atoms with van der Waals surface area (Å²) in [7, 11) is 0. The van der Waals surface area contributed by atoms with E-state index in [9.17, 15) is 13.6 Å². The molecule has 1 aromatic carbocycles. The highest BCUT2D eigenvalue weighted by Crippen LogP contribution is 2.25. The summed E-state index contributed by atoms with van der Waals surface area (Å²) >= 11 is 1.38. The highest BCUT2D eigenvalue weighted by Gasteiger charge is 2.33. The summed E-state index contributed by atoms with van der Waals surface area (Å²) in [5, 5.41) is 1.85. The van der Waals surface area contributed by atoms with E-state index >= 15 is 0 Å². The largest absolute Gasteiger partial charge is 0.486 e. The number of carbonyl (C=O) groups is 1. The molecule has 1 atom stereocenters. The molecule has 1 aromatic heterocycles. The summed E-state index contributed by atoms with van der Waals surface area (Å²) in [5.74, 6) is -1.31. The Morgan fingerprint density at radius 3 is 2.96 bits per heavy atom. The van der Waals surface area contributed by atoms with E-state index in [0.717, 1.165) is 50.3 Å². The summed E-state index contributed by atoms with van der Waals surface area (Å²) in [6.07, 6.45) is 2.38. The molecule has 7 heteroatoms. The van der Waals surface area contributed by atoms with Gasteiger partial charge in [-0.25, -0.2) is 8.78 Å². The molecule has 138 valence electrons. The Morgan fingerprint density at radius 2 is 2.12 bits per heavy atom. The van der Waals surface area contributed by atoms with E-state index in [4.69, 9.17) is 4.74 Å². The van der Waals surface area contributed by atoms with Crippen molar-refractivity contribution in [2.24, 2.45) is 0 Å². The van der Waals surface area contributed by atoms with Gasteiger partial charge in [0, 0.05) is 37.3 Å². The van der Waals surface area contributed by atoms with Gasteiger partial charge in [0.2, 0.25) is 0 Å². The lowest BCUT2D eigenvalue weighted by molar-refractivity contribution is 0.0576. The molecular formula is C19H20F2N2O2S. The van der Waals surface area contributed by atoms with Crippen LogP contribution in [0.3, 0.4) is 0 Å². The molecule has 0 aliphatic carbocycles. The molecule has 4 nitrogen and oxygen atoms in total. The number of halogens is 2.